The maximum Gasteiger partial charge on any atom is 0.245 e. The Morgan fingerprint density at radius 3 is 2.67 bits per heavy atom. The molecule has 0 aliphatic carbocycles. The summed E-state index contributed by atoms with van der Waals surface area (Å²) >= 11 is 1.48. The molecule has 3 rings (SSSR count). The number of ether oxygens (including phenoxy) is 1. The molecule has 2 unspecified atom stereocenters. The lowest BCUT2D eigenvalue weighted by Crippen LogP contribution is -2.44. The van der Waals surface area contributed by atoms with Crippen LogP contribution in [0.3, 0.4) is 0 Å². The molecule has 7 heteroatoms. The van der Waals surface area contributed by atoms with E-state index in [0.29, 0.717) is 11.7 Å². The topological polar surface area (TPSA) is 57.7 Å². The standard InChI is InChI=1S/C20H28N4O2S/c1-4-24(18-8-6-5-7-9-18)13-19(25)22-20-21-17(14-27-20)12-23-10-15(2)26-16(3)11-23/h5-9,14-16H,4,10-13H2,1-3H3,(H,21,22,25). The SMILES string of the molecule is CCN(CC(=O)Nc1nc(CN2CC(C)OC(C)C2)cs1)c1ccccc1. The molecular weight excluding hydrogens is 360 g/mol. The van der Waals surface area contributed by atoms with Gasteiger partial charge in [-0.15, -0.1) is 11.3 Å². The molecule has 2 heterocycles. The van der Waals surface area contributed by atoms with Gasteiger partial charge in [-0.1, -0.05) is 18.2 Å². The molecule has 1 aromatic heterocycles. The van der Waals surface area contributed by atoms with Crippen molar-refractivity contribution in [2.45, 2.75) is 39.5 Å². The summed E-state index contributed by atoms with van der Waals surface area (Å²) in [5.74, 6) is -0.0461. The normalized spacial score (nSPS) is 20.4. The highest BCUT2D eigenvalue weighted by molar-refractivity contribution is 7.13. The van der Waals surface area contributed by atoms with Crippen molar-refractivity contribution in [3.63, 3.8) is 0 Å². The molecule has 2 atom stereocenters. The van der Waals surface area contributed by atoms with Crippen LogP contribution in [0.15, 0.2) is 35.7 Å². The van der Waals surface area contributed by atoms with Gasteiger partial charge in [0.1, 0.15) is 0 Å². The van der Waals surface area contributed by atoms with E-state index in [2.05, 4.69) is 29.0 Å². The van der Waals surface area contributed by atoms with Gasteiger partial charge in [0.05, 0.1) is 24.4 Å². The van der Waals surface area contributed by atoms with Gasteiger partial charge in [0, 0.05) is 37.2 Å². The third-order valence-electron chi connectivity index (χ3n) is 4.52. The maximum absolute atomic E-state index is 12.4. The van der Waals surface area contributed by atoms with Crippen LogP contribution in [-0.2, 0) is 16.1 Å². The zero-order valence-electron chi connectivity index (χ0n) is 16.2. The van der Waals surface area contributed by atoms with Gasteiger partial charge < -0.3 is 15.0 Å². The number of carbonyl (C=O) groups excluding carboxylic acids is 1. The van der Waals surface area contributed by atoms with Gasteiger partial charge in [0.25, 0.3) is 0 Å². The van der Waals surface area contributed by atoms with Crippen LogP contribution < -0.4 is 10.2 Å². The third-order valence-corrected chi connectivity index (χ3v) is 5.32. The number of amides is 1. The molecule has 1 saturated heterocycles. The monoisotopic (exact) mass is 388 g/mol. The van der Waals surface area contributed by atoms with E-state index >= 15 is 0 Å². The van der Waals surface area contributed by atoms with E-state index in [4.69, 9.17) is 4.74 Å². The van der Waals surface area contributed by atoms with Gasteiger partial charge in [-0.2, -0.15) is 0 Å². The zero-order valence-corrected chi connectivity index (χ0v) is 17.0. The Morgan fingerprint density at radius 1 is 1.30 bits per heavy atom. The van der Waals surface area contributed by atoms with Crippen LogP contribution in [0.5, 0.6) is 0 Å². The lowest BCUT2D eigenvalue weighted by atomic mass is 10.2. The lowest BCUT2D eigenvalue weighted by Gasteiger charge is -2.34. The van der Waals surface area contributed by atoms with E-state index < -0.39 is 0 Å². The molecule has 0 radical (unpaired) electrons. The molecule has 1 amide bonds. The Bertz CT molecular complexity index is 727. The number of morpholine rings is 1. The highest BCUT2D eigenvalue weighted by Gasteiger charge is 2.23. The molecule has 0 spiro atoms. The number of rotatable bonds is 7. The van der Waals surface area contributed by atoms with E-state index in [9.17, 15) is 4.79 Å². The molecule has 1 aromatic carbocycles. The number of thiazole rings is 1. The predicted octanol–water partition coefficient (Wildman–Crippen LogP) is 3.22. The minimum absolute atomic E-state index is 0.0461. The highest BCUT2D eigenvalue weighted by Crippen LogP contribution is 2.20. The van der Waals surface area contributed by atoms with Crippen molar-refractivity contribution in [1.82, 2.24) is 9.88 Å². The first-order valence-corrected chi connectivity index (χ1v) is 10.3. The first-order valence-electron chi connectivity index (χ1n) is 9.45. The quantitative estimate of drug-likeness (QED) is 0.789. The second kappa shape index (κ2) is 9.30. The van der Waals surface area contributed by atoms with E-state index in [1.807, 2.05) is 47.5 Å². The summed E-state index contributed by atoms with van der Waals surface area (Å²) in [6, 6.07) is 9.97. The average Bonchev–Trinajstić information content (AvgIpc) is 3.06. The molecule has 146 valence electrons. The molecule has 1 aliphatic heterocycles. The fourth-order valence-corrected chi connectivity index (χ4v) is 4.15. The van der Waals surface area contributed by atoms with Crippen molar-refractivity contribution in [1.29, 1.82) is 0 Å². The number of nitrogens with one attached hydrogen (secondary N) is 1. The number of aromatic nitrogens is 1. The number of hydrogen-bond donors (Lipinski definition) is 1. The largest absolute Gasteiger partial charge is 0.373 e. The Hall–Kier alpha value is -1.96. The number of benzene rings is 1. The first kappa shape index (κ1) is 19.8. The van der Waals surface area contributed by atoms with E-state index in [1.165, 1.54) is 11.3 Å². The zero-order chi connectivity index (χ0) is 19.2. The second-order valence-corrected chi connectivity index (χ2v) is 7.85. The fraction of sp³-hybridized carbons (Fsp3) is 0.500. The van der Waals surface area contributed by atoms with Crippen LogP contribution in [0, 0.1) is 0 Å². The van der Waals surface area contributed by atoms with E-state index in [0.717, 1.165) is 37.6 Å². The summed E-state index contributed by atoms with van der Waals surface area (Å²) in [7, 11) is 0. The Kier molecular flexibility index (Phi) is 6.82. The van der Waals surface area contributed by atoms with Crippen molar-refractivity contribution >= 4 is 28.1 Å². The molecular formula is C20H28N4O2S. The van der Waals surface area contributed by atoms with Crippen LogP contribution in [0.2, 0.25) is 0 Å². The predicted molar refractivity (Wildman–Crippen MR) is 110 cm³/mol. The number of carbonyl (C=O) groups is 1. The van der Waals surface area contributed by atoms with Crippen molar-refractivity contribution < 1.29 is 9.53 Å². The molecule has 27 heavy (non-hydrogen) atoms. The number of hydrogen-bond acceptors (Lipinski definition) is 6. The maximum atomic E-state index is 12.4. The number of nitrogens with zero attached hydrogens (tertiary/aromatic N) is 3. The van der Waals surface area contributed by atoms with Gasteiger partial charge in [0.2, 0.25) is 5.91 Å². The Morgan fingerprint density at radius 2 is 2.00 bits per heavy atom. The van der Waals surface area contributed by atoms with Gasteiger partial charge in [-0.3, -0.25) is 9.69 Å². The molecule has 0 bridgehead atoms. The van der Waals surface area contributed by atoms with Crippen molar-refractivity contribution in [2.75, 3.05) is 36.4 Å². The summed E-state index contributed by atoms with van der Waals surface area (Å²) in [6.45, 7) is 9.94. The van der Waals surface area contributed by atoms with Gasteiger partial charge >= 0.3 is 0 Å². The highest BCUT2D eigenvalue weighted by atomic mass is 32.1. The van der Waals surface area contributed by atoms with Crippen LogP contribution in [-0.4, -0.2) is 54.2 Å². The van der Waals surface area contributed by atoms with Crippen molar-refractivity contribution in [2.24, 2.45) is 0 Å². The molecule has 0 saturated carbocycles. The van der Waals surface area contributed by atoms with Crippen LogP contribution in [0.1, 0.15) is 26.5 Å². The molecule has 1 aliphatic rings. The fourth-order valence-electron chi connectivity index (χ4n) is 3.44. The van der Waals surface area contributed by atoms with Crippen LogP contribution in [0.4, 0.5) is 10.8 Å². The van der Waals surface area contributed by atoms with Crippen molar-refractivity contribution in [3.8, 4) is 0 Å². The Balaban J connectivity index is 1.53. The third kappa shape index (κ3) is 5.76. The van der Waals surface area contributed by atoms with E-state index in [1.54, 1.807) is 0 Å². The molecule has 6 nitrogen and oxygen atoms in total. The van der Waals surface area contributed by atoms with Crippen LogP contribution >= 0.6 is 11.3 Å². The van der Waals surface area contributed by atoms with Crippen LogP contribution in [0.25, 0.3) is 0 Å². The number of para-hydroxylation sites is 1. The molecule has 2 aromatic rings. The number of anilines is 2. The average molecular weight is 389 g/mol. The summed E-state index contributed by atoms with van der Waals surface area (Å²) in [5, 5.41) is 5.62. The summed E-state index contributed by atoms with van der Waals surface area (Å²) < 4.78 is 5.77. The lowest BCUT2D eigenvalue weighted by molar-refractivity contribution is -0.115. The first-order chi connectivity index (χ1) is 13.0. The minimum atomic E-state index is -0.0461. The Labute approximate surface area is 165 Å². The minimum Gasteiger partial charge on any atom is -0.373 e. The van der Waals surface area contributed by atoms with E-state index in [-0.39, 0.29) is 18.1 Å². The smallest absolute Gasteiger partial charge is 0.245 e. The number of likely N-dealkylation sites (N-methyl/N-ethyl adjacent to an activating group) is 1. The summed E-state index contributed by atoms with van der Waals surface area (Å²) in [6.07, 6.45) is 0.481. The molecule has 1 fully saturated rings. The molecule has 1 N–H and O–H groups in total. The van der Waals surface area contributed by atoms with Crippen molar-refractivity contribution in [3.05, 3.63) is 41.4 Å². The van der Waals surface area contributed by atoms with Gasteiger partial charge in [0.15, 0.2) is 5.13 Å². The summed E-state index contributed by atoms with van der Waals surface area (Å²) in [5.41, 5.74) is 2.04. The second-order valence-electron chi connectivity index (χ2n) is 6.99. The summed E-state index contributed by atoms with van der Waals surface area (Å²) in [4.78, 5) is 21.4. The van der Waals surface area contributed by atoms with Gasteiger partial charge in [-0.05, 0) is 32.9 Å². The van der Waals surface area contributed by atoms with Gasteiger partial charge in [-0.25, -0.2) is 4.98 Å².